The molecule has 2 amide bonds. The molecule has 0 aliphatic heterocycles. The highest BCUT2D eigenvalue weighted by molar-refractivity contribution is 6.30. The molecule has 2 aromatic rings. The Balaban J connectivity index is 1.75. The molecule has 1 N–H and O–H groups in total. The minimum absolute atomic E-state index is 0.0158. The number of anilines is 1. The molecule has 26 heavy (non-hydrogen) atoms. The molecule has 3 rings (SSSR count). The van der Waals surface area contributed by atoms with Gasteiger partial charge in [0, 0.05) is 22.7 Å². The van der Waals surface area contributed by atoms with Gasteiger partial charge in [0.1, 0.15) is 12.3 Å². The molecule has 0 saturated heterocycles. The number of rotatable bonds is 5. The second kappa shape index (κ2) is 8.36. The minimum Gasteiger partial charge on any atom is -0.360 e. The van der Waals surface area contributed by atoms with Crippen LogP contribution in [0.1, 0.15) is 48.2 Å². The van der Waals surface area contributed by atoms with Crippen molar-refractivity contribution in [3.05, 3.63) is 46.7 Å². The predicted molar refractivity (Wildman–Crippen MR) is 99.2 cm³/mol. The van der Waals surface area contributed by atoms with Crippen LogP contribution >= 0.6 is 11.6 Å². The molecule has 0 bridgehead atoms. The summed E-state index contributed by atoms with van der Waals surface area (Å²) >= 11 is 5.92. The molecular formula is C19H22ClN3O3. The third-order valence-corrected chi connectivity index (χ3v) is 4.83. The number of halogens is 1. The third kappa shape index (κ3) is 4.64. The summed E-state index contributed by atoms with van der Waals surface area (Å²) in [5.74, 6) is 0.531. The molecule has 0 atom stereocenters. The summed E-state index contributed by atoms with van der Waals surface area (Å²) in [5.41, 5.74) is 0.532. The molecule has 1 saturated carbocycles. The molecule has 0 spiro atoms. The van der Waals surface area contributed by atoms with Crippen molar-refractivity contribution in [3.8, 4) is 0 Å². The molecule has 0 radical (unpaired) electrons. The Hall–Kier alpha value is -2.34. The standard InChI is InChI=1S/C19H22ClN3O3/c1-13-11-17(22-26-13)21-18(24)12-23(16-5-3-2-4-6-16)19(25)14-7-9-15(20)10-8-14/h7-11,16H,2-6,12H2,1H3,(H,21,22,24). The van der Waals surface area contributed by atoms with Gasteiger partial charge in [-0.3, -0.25) is 9.59 Å². The van der Waals surface area contributed by atoms with Crippen LogP contribution in [0.3, 0.4) is 0 Å². The van der Waals surface area contributed by atoms with Crippen LogP contribution in [0.2, 0.25) is 5.02 Å². The second-order valence-electron chi connectivity index (χ2n) is 6.60. The lowest BCUT2D eigenvalue weighted by atomic mass is 9.93. The first-order chi connectivity index (χ1) is 12.5. The van der Waals surface area contributed by atoms with Crippen molar-refractivity contribution < 1.29 is 14.1 Å². The highest BCUT2D eigenvalue weighted by Gasteiger charge is 2.28. The Bertz CT molecular complexity index is 767. The summed E-state index contributed by atoms with van der Waals surface area (Å²) in [6, 6.07) is 8.47. The van der Waals surface area contributed by atoms with Crippen molar-refractivity contribution in [2.24, 2.45) is 0 Å². The number of aromatic nitrogens is 1. The van der Waals surface area contributed by atoms with Crippen LogP contribution < -0.4 is 5.32 Å². The highest BCUT2D eigenvalue weighted by Crippen LogP contribution is 2.24. The fraction of sp³-hybridized carbons (Fsp3) is 0.421. The van der Waals surface area contributed by atoms with E-state index in [2.05, 4.69) is 10.5 Å². The molecule has 138 valence electrons. The largest absolute Gasteiger partial charge is 0.360 e. The van der Waals surface area contributed by atoms with E-state index in [4.69, 9.17) is 16.1 Å². The van der Waals surface area contributed by atoms with Gasteiger partial charge in [0.2, 0.25) is 5.91 Å². The zero-order valence-electron chi connectivity index (χ0n) is 14.7. The van der Waals surface area contributed by atoms with Gasteiger partial charge in [-0.05, 0) is 44.0 Å². The van der Waals surface area contributed by atoms with Gasteiger partial charge in [0.25, 0.3) is 5.91 Å². The van der Waals surface area contributed by atoms with E-state index in [-0.39, 0.29) is 24.4 Å². The maximum atomic E-state index is 13.0. The lowest BCUT2D eigenvalue weighted by molar-refractivity contribution is -0.117. The van der Waals surface area contributed by atoms with Crippen molar-refractivity contribution in [2.45, 2.75) is 45.1 Å². The van der Waals surface area contributed by atoms with Gasteiger partial charge in [-0.15, -0.1) is 0 Å². The summed E-state index contributed by atoms with van der Waals surface area (Å²) in [5, 5.41) is 7.03. The Kier molecular flexibility index (Phi) is 5.93. The number of nitrogens with one attached hydrogen (secondary N) is 1. The zero-order valence-corrected chi connectivity index (χ0v) is 15.5. The van der Waals surface area contributed by atoms with Crippen LogP contribution in [0.5, 0.6) is 0 Å². The summed E-state index contributed by atoms with van der Waals surface area (Å²) in [6.45, 7) is 1.74. The van der Waals surface area contributed by atoms with Crippen LogP contribution in [0.4, 0.5) is 5.82 Å². The quantitative estimate of drug-likeness (QED) is 0.855. The summed E-state index contributed by atoms with van der Waals surface area (Å²) in [4.78, 5) is 27.1. The van der Waals surface area contributed by atoms with Crippen molar-refractivity contribution in [2.75, 3.05) is 11.9 Å². The molecule has 1 aliphatic carbocycles. The average molecular weight is 376 g/mol. The summed E-state index contributed by atoms with van der Waals surface area (Å²) in [7, 11) is 0. The molecular weight excluding hydrogens is 354 g/mol. The number of nitrogens with zero attached hydrogens (tertiary/aromatic N) is 2. The van der Waals surface area contributed by atoms with E-state index in [0.29, 0.717) is 22.2 Å². The number of amides is 2. The number of benzene rings is 1. The van der Waals surface area contributed by atoms with E-state index in [1.807, 2.05) is 0 Å². The Morgan fingerprint density at radius 3 is 2.54 bits per heavy atom. The molecule has 6 nitrogen and oxygen atoms in total. The van der Waals surface area contributed by atoms with Crippen molar-refractivity contribution in [1.29, 1.82) is 0 Å². The van der Waals surface area contributed by atoms with Gasteiger partial charge in [-0.1, -0.05) is 36.0 Å². The smallest absolute Gasteiger partial charge is 0.254 e. The zero-order chi connectivity index (χ0) is 18.5. The number of hydrogen-bond donors (Lipinski definition) is 1. The topological polar surface area (TPSA) is 75.4 Å². The fourth-order valence-corrected chi connectivity index (χ4v) is 3.41. The summed E-state index contributed by atoms with van der Waals surface area (Å²) < 4.78 is 4.96. The Morgan fingerprint density at radius 2 is 1.92 bits per heavy atom. The lowest BCUT2D eigenvalue weighted by Crippen LogP contribution is -2.45. The maximum Gasteiger partial charge on any atom is 0.254 e. The highest BCUT2D eigenvalue weighted by atomic mass is 35.5. The summed E-state index contributed by atoms with van der Waals surface area (Å²) in [6.07, 6.45) is 5.13. The molecule has 1 aliphatic rings. The Labute approximate surface area is 157 Å². The number of carbonyl (C=O) groups is 2. The predicted octanol–water partition coefficient (Wildman–Crippen LogP) is 4.05. The number of hydrogen-bond acceptors (Lipinski definition) is 4. The van der Waals surface area contributed by atoms with Gasteiger partial charge in [0.05, 0.1) is 0 Å². The van der Waals surface area contributed by atoms with Crippen molar-refractivity contribution in [3.63, 3.8) is 0 Å². The van der Waals surface area contributed by atoms with E-state index in [1.54, 1.807) is 42.2 Å². The van der Waals surface area contributed by atoms with Crippen LogP contribution in [0.15, 0.2) is 34.9 Å². The van der Waals surface area contributed by atoms with E-state index in [1.165, 1.54) is 6.42 Å². The van der Waals surface area contributed by atoms with Crippen LogP contribution in [-0.2, 0) is 4.79 Å². The van der Waals surface area contributed by atoms with Gasteiger partial charge >= 0.3 is 0 Å². The minimum atomic E-state index is -0.286. The maximum absolute atomic E-state index is 13.0. The van der Waals surface area contributed by atoms with Gasteiger partial charge in [0.15, 0.2) is 5.82 Å². The molecule has 7 heteroatoms. The van der Waals surface area contributed by atoms with Crippen molar-refractivity contribution >= 4 is 29.2 Å². The lowest BCUT2D eigenvalue weighted by Gasteiger charge is -2.34. The monoisotopic (exact) mass is 375 g/mol. The molecule has 1 heterocycles. The van der Waals surface area contributed by atoms with Crippen LogP contribution in [-0.4, -0.2) is 34.5 Å². The Morgan fingerprint density at radius 1 is 1.23 bits per heavy atom. The first-order valence-electron chi connectivity index (χ1n) is 8.82. The first-order valence-corrected chi connectivity index (χ1v) is 9.20. The normalized spacial score (nSPS) is 14.8. The van der Waals surface area contributed by atoms with Gasteiger partial charge in [-0.2, -0.15) is 0 Å². The van der Waals surface area contributed by atoms with E-state index in [0.717, 1.165) is 25.7 Å². The number of aryl methyl sites for hydroxylation is 1. The fourth-order valence-electron chi connectivity index (χ4n) is 3.28. The van der Waals surface area contributed by atoms with Gasteiger partial charge < -0.3 is 14.7 Å². The third-order valence-electron chi connectivity index (χ3n) is 4.58. The van der Waals surface area contributed by atoms with Gasteiger partial charge in [-0.25, -0.2) is 0 Å². The first kappa shape index (κ1) is 18.5. The van der Waals surface area contributed by atoms with Crippen LogP contribution in [0, 0.1) is 6.92 Å². The molecule has 0 unspecified atom stereocenters. The van der Waals surface area contributed by atoms with Crippen molar-refractivity contribution in [1.82, 2.24) is 10.1 Å². The molecule has 1 fully saturated rings. The number of carbonyl (C=O) groups excluding carboxylic acids is 2. The second-order valence-corrected chi connectivity index (χ2v) is 7.04. The van der Waals surface area contributed by atoms with E-state index in [9.17, 15) is 9.59 Å². The SMILES string of the molecule is Cc1cc(NC(=O)CN(C(=O)c2ccc(Cl)cc2)C2CCCCC2)no1. The van der Waals surface area contributed by atoms with Crippen LogP contribution in [0.25, 0.3) is 0 Å². The van der Waals surface area contributed by atoms with E-state index >= 15 is 0 Å². The molecule has 1 aromatic heterocycles. The molecule has 1 aromatic carbocycles. The van der Waals surface area contributed by atoms with E-state index < -0.39 is 0 Å². The average Bonchev–Trinajstić information content (AvgIpc) is 3.05.